The van der Waals surface area contributed by atoms with Crippen LogP contribution in [0.2, 0.25) is 0 Å². The van der Waals surface area contributed by atoms with Crippen LogP contribution in [0.25, 0.3) is 10.6 Å². The Labute approximate surface area is 191 Å². The molecule has 0 aliphatic carbocycles. The Bertz CT molecular complexity index is 1120. The number of hydrogen-bond acceptors (Lipinski definition) is 8. The molecule has 164 valence electrons. The van der Waals surface area contributed by atoms with E-state index in [1.165, 1.54) is 22.3 Å². The molecule has 0 amide bonds. The van der Waals surface area contributed by atoms with Crippen LogP contribution in [0.5, 0.6) is 5.75 Å². The first-order valence-corrected chi connectivity index (χ1v) is 13.1. The molecule has 3 heterocycles. The molecular formula is C21H24N4O3S3. The van der Waals surface area contributed by atoms with Crippen molar-refractivity contribution in [3.63, 3.8) is 0 Å². The second-order valence-corrected chi connectivity index (χ2v) is 11.0. The zero-order valence-corrected chi connectivity index (χ0v) is 19.8. The normalized spacial score (nSPS) is 15.8. The van der Waals surface area contributed by atoms with Crippen LogP contribution in [-0.2, 0) is 15.8 Å². The average Bonchev–Trinajstić information content (AvgIpc) is 3.27. The van der Waals surface area contributed by atoms with Crippen molar-refractivity contribution in [3.05, 3.63) is 53.7 Å². The van der Waals surface area contributed by atoms with Gasteiger partial charge in [-0.05, 0) is 31.3 Å². The summed E-state index contributed by atoms with van der Waals surface area (Å²) in [6, 6.07) is 11.3. The Morgan fingerprint density at radius 1 is 1.16 bits per heavy atom. The van der Waals surface area contributed by atoms with E-state index in [0.717, 1.165) is 40.1 Å². The van der Waals surface area contributed by atoms with Gasteiger partial charge >= 0.3 is 0 Å². The van der Waals surface area contributed by atoms with Crippen LogP contribution in [0.15, 0.2) is 57.9 Å². The quantitative estimate of drug-likeness (QED) is 0.484. The van der Waals surface area contributed by atoms with Gasteiger partial charge in [0.2, 0.25) is 10.0 Å². The summed E-state index contributed by atoms with van der Waals surface area (Å²) in [6.45, 7) is 2.50. The minimum atomic E-state index is -3.49. The number of nitrogens with zero attached hydrogens (tertiary/aromatic N) is 4. The lowest BCUT2D eigenvalue weighted by molar-refractivity contribution is 0.222. The Morgan fingerprint density at radius 2 is 1.97 bits per heavy atom. The highest BCUT2D eigenvalue weighted by Crippen LogP contribution is 2.29. The molecule has 3 aromatic rings. The highest BCUT2D eigenvalue weighted by atomic mass is 32.2. The van der Waals surface area contributed by atoms with E-state index in [1.54, 1.807) is 30.6 Å². The molecule has 1 saturated heterocycles. The SMILES string of the molecule is COc1cccc(-c2nc(CSc3ccc(S(=O)(=O)N4CCN(C)CC4)cn3)cs2)c1. The number of thiazole rings is 1. The zero-order valence-electron chi connectivity index (χ0n) is 17.4. The van der Waals surface area contributed by atoms with Crippen molar-refractivity contribution in [1.82, 2.24) is 19.2 Å². The molecule has 0 N–H and O–H groups in total. The molecule has 0 bridgehead atoms. The molecule has 1 fully saturated rings. The van der Waals surface area contributed by atoms with E-state index in [-0.39, 0.29) is 4.90 Å². The van der Waals surface area contributed by atoms with Gasteiger partial charge < -0.3 is 9.64 Å². The molecular weight excluding hydrogens is 452 g/mol. The van der Waals surface area contributed by atoms with E-state index in [4.69, 9.17) is 9.72 Å². The maximum Gasteiger partial charge on any atom is 0.244 e. The number of hydrogen-bond donors (Lipinski definition) is 0. The van der Waals surface area contributed by atoms with Gasteiger partial charge in [0.05, 0.1) is 17.8 Å². The van der Waals surface area contributed by atoms with Crippen molar-refractivity contribution >= 4 is 33.1 Å². The maximum absolute atomic E-state index is 12.8. The third-order valence-electron chi connectivity index (χ3n) is 5.05. The van der Waals surface area contributed by atoms with Gasteiger partial charge in [-0.1, -0.05) is 12.1 Å². The van der Waals surface area contributed by atoms with Gasteiger partial charge in [0.1, 0.15) is 15.7 Å². The number of thioether (sulfide) groups is 1. The zero-order chi connectivity index (χ0) is 21.8. The van der Waals surface area contributed by atoms with Crippen LogP contribution >= 0.6 is 23.1 Å². The minimum absolute atomic E-state index is 0.246. The summed E-state index contributed by atoms with van der Waals surface area (Å²) in [5.41, 5.74) is 1.99. The Balaban J connectivity index is 1.38. The number of piperazine rings is 1. The monoisotopic (exact) mass is 476 g/mol. The summed E-state index contributed by atoms with van der Waals surface area (Å²) in [7, 11) is 0.162. The largest absolute Gasteiger partial charge is 0.497 e. The number of ether oxygens (including phenoxy) is 1. The molecule has 1 aliphatic rings. The van der Waals surface area contributed by atoms with Crippen molar-refractivity contribution in [3.8, 4) is 16.3 Å². The number of likely N-dealkylation sites (N-methyl/N-ethyl adjacent to an activating group) is 1. The first kappa shape index (κ1) is 22.2. The number of benzene rings is 1. The summed E-state index contributed by atoms with van der Waals surface area (Å²) in [5, 5.41) is 3.75. The molecule has 1 aliphatic heterocycles. The fourth-order valence-corrected chi connectivity index (χ4v) is 6.22. The number of aromatic nitrogens is 2. The summed E-state index contributed by atoms with van der Waals surface area (Å²) >= 11 is 3.13. The van der Waals surface area contributed by atoms with E-state index in [9.17, 15) is 8.42 Å². The molecule has 31 heavy (non-hydrogen) atoms. The second kappa shape index (κ2) is 9.66. The van der Waals surface area contributed by atoms with Gasteiger partial charge in [-0.15, -0.1) is 23.1 Å². The molecule has 0 unspecified atom stereocenters. The minimum Gasteiger partial charge on any atom is -0.497 e. The third-order valence-corrected chi connectivity index (χ3v) is 8.85. The average molecular weight is 477 g/mol. The van der Waals surface area contributed by atoms with Gasteiger partial charge in [0, 0.05) is 49.1 Å². The van der Waals surface area contributed by atoms with E-state index in [0.29, 0.717) is 18.8 Å². The van der Waals surface area contributed by atoms with Crippen LogP contribution in [-0.4, -0.2) is 67.9 Å². The van der Waals surface area contributed by atoms with Gasteiger partial charge in [-0.25, -0.2) is 18.4 Å². The Hall–Kier alpha value is -1.98. The molecule has 0 radical (unpaired) electrons. The Morgan fingerprint density at radius 3 is 2.68 bits per heavy atom. The lowest BCUT2D eigenvalue weighted by Gasteiger charge is -2.31. The van der Waals surface area contributed by atoms with Crippen molar-refractivity contribution < 1.29 is 13.2 Å². The maximum atomic E-state index is 12.8. The summed E-state index contributed by atoms with van der Waals surface area (Å²) < 4.78 is 32.4. The molecule has 4 rings (SSSR count). The van der Waals surface area contributed by atoms with Crippen LogP contribution in [0.1, 0.15) is 5.69 Å². The predicted octanol–water partition coefficient (Wildman–Crippen LogP) is 3.44. The highest BCUT2D eigenvalue weighted by Gasteiger charge is 2.27. The first-order chi connectivity index (χ1) is 15.0. The molecule has 0 atom stereocenters. The fraction of sp³-hybridized carbons (Fsp3) is 0.333. The summed E-state index contributed by atoms with van der Waals surface area (Å²) in [4.78, 5) is 11.4. The van der Waals surface area contributed by atoms with E-state index in [1.807, 2.05) is 36.7 Å². The van der Waals surface area contributed by atoms with Crippen LogP contribution < -0.4 is 4.74 Å². The standard InChI is InChI=1S/C21H24N4O3S3/c1-24-8-10-25(11-9-24)31(26,27)19-6-7-20(22-13-19)29-14-17-15-30-21(23-17)16-4-3-5-18(12-16)28-2/h3-7,12-13,15H,8-11,14H2,1-2H3. The van der Waals surface area contributed by atoms with Crippen molar-refractivity contribution in [2.75, 3.05) is 40.3 Å². The summed E-state index contributed by atoms with van der Waals surface area (Å²) in [5.74, 6) is 1.47. The van der Waals surface area contributed by atoms with E-state index < -0.39 is 10.0 Å². The van der Waals surface area contributed by atoms with Gasteiger partial charge in [-0.3, -0.25) is 0 Å². The Kier molecular flexibility index (Phi) is 6.92. The topological polar surface area (TPSA) is 75.6 Å². The number of sulfonamides is 1. The van der Waals surface area contributed by atoms with Gasteiger partial charge in [0.25, 0.3) is 0 Å². The van der Waals surface area contributed by atoms with Crippen LogP contribution in [0, 0.1) is 0 Å². The van der Waals surface area contributed by atoms with Gasteiger partial charge in [-0.2, -0.15) is 4.31 Å². The smallest absolute Gasteiger partial charge is 0.244 e. The van der Waals surface area contributed by atoms with Crippen molar-refractivity contribution in [1.29, 1.82) is 0 Å². The molecule has 7 nitrogen and oxygen atoms in total. The van der Waals surface area contributed by atoms with Crippen LogP contribution in [0.4, 0.5) is 0 Å². The number of methoxy groups -OCH3 is 1. The van der Waals surface area contributed by atoms with E-state index >= 15 is 0 Å². The van der Waals surface area contributed by atoms with Crippen LogP contribution in [0.3, 0.4) is 0 Å². The molecule has 1 aromatic carbocycles. The summed E-state index contributed by atoms with van der Waals surface area (Å²) in [6.07, 6.45) is 1.46. The fourth-order valence-electron chi connectivity index (χ4n) is 3.19. The lowest BCUT2D eigenvalue weighted by atomic mass is 10.2. The highest BCUT2D eigenvalue weighted by molar-refractivity contribution is 7.98. The van der Waals surface area contributed by atoms with Crippen molar-refractivity contribution in [2.45, 2.75) is 15.7 Å². The number of pyridine rings is 1. The lowest BCUT2D eigenvalue weighted by Crippen LogP contribution is -2.47. The molecule has 0 spiro atoms. The predicted molar refractivity (Wildman–Crippen MR) is 124 cm³/mol. The third kappa shape index (κ3) is 5.27. The number of rotatable bonds is 7. The first-order valence-electron chi connectivity index (χ1n) is 9.82. The second-order valence-electron chi connectivity index (χ2n) is 7.20. The van der Waals surface area contributed by atoms with Crippen molar-refractivity contribution in [2.24, 2.45) is 0 Å². The van der Waals surface area contributed by atoms with Gasteiger partial charge in [0.15, 0.2) is 0 Å². The molecule has 0 saturated carbocycles. The molecule has 2 aromatic heterocycles. The molecule has 10 heteroatoms. The van der Waals surface area contributed by atoms with E-state index in [2.05, 4.69) is 9.88 Å².